The summed E-state index contributed by atoms with van der Waals surface area (Å²) >= 11 is 0. The van der Waals surface area contributed by atoms with Crippen molar-refractivity contribution in [2.24, 2.45) is 5.92 Å². The van der Waals surface area contributed by atoms with Crippen LogP contribution in [-0.2, 0) is 17.5 Å². The average Bonchev–Trinajstić information content (AvgIpc) is 3.24. The third-order valence-electron chi connectivity index (χ3n) is 5.65. The van der Waals surface area contributed by atoms with E-state index in [9.17, 15) is 18.0 Å². The molecule has 164 valence electrons. The predicted octanol–water partition coefficient (Wildman–Crippen LogP) is 5.08. The van der Waals surface area contributed by atoms with Gasteiger partial charge in [0.25, 0.3) is 0 Å². The number of carbonyl (C=O) groups is 1. The van der Waals surface area contributed by atoms with Gasteiger partial charge in [0.2, 0.25) is 5.91 Å². The molecule has 2 aromatic heterocycles. The monoisotopic (exact) mass is 430 g/mol. The van der Waals surface area contributed by atoms with Gasteiger partial charge >= 0.3 is 6.18 Å². The molecule has 1 fully saturated rings. The smallest absolute Gasteiger partial charge is 0.349 e. The van der Waals surface area contributed by atoms with E-state index < -0.39 is 17.8 Å². The van der Waals surface area contributed by atoms with Crippen LogP contribution in [0.25, 0.3) is 5.69 Å². The van der Waals surface area contributed by atoms with Gasteiger partial charge in [0.05, 0.1) is 18.5 Å². The minimum absolute atomic E-state index is 0.108. The van der Waals surface area contributed by atoms with Gasteiger partial charge in [-0.3, -0.25) is 9.48 Å². The zero-order valence-electron chi connectivity index (χ0n) is 17.4. The van der Waals surface area contributed by atoms with E-state index in [2.05, 4.69) is 10.4 Å². The molecule has 1 saturated carbocycles. The number of hydrogen-bond acceptors (Lipinski definition) is 2. The van der Waals surface area contributed by atoms with E-state index in [0.29, 0.717) is 5.69 Å². The summed E-state index contributed by atoms with van der Waals surface area (Å²) in [4.78, 5) is 12.7. The lowest BCUT2D eigenvalue weighted by Crippen LogP contribution is -2.34. The summed E-state index contributed by atoms with van der Waals surface area (Å²) in [5, 5.41) is 6.71. The maximum atomic E-state index is 13.1. The van der Waals surface area contributed by atoms with E-state index in [-0.39, 0.29) is 24.4 Å². The van der Waals surface area contributed by atoms with Gasteiger partial charge < -0.3 is 9.88 Å². The summed E-state index contributed by atoms with van der Waals surface area (Å²) in [7, 11) is 0. The number of hydrogen-bond donors (Lipinski definition) is 1. The Labute approximate surface area is 178 Å². The predicted molar refractivity (Wildman–Crippen MR) is 111 cm³/mol. The number of amides is 1. The highest BCUT2D eigenvalue weighted by Crippen LogP contribution is 2.42. The highest BCUT2D eigenvalue weighted by Gasteiger charge is 2.38. The topological polar surface area (TPSA) is 51.9 Å². The molecule has 2 unspecified atom stereocenters. The van der Waals surface area contributed by atoms with Gasteiger partial charge in [0, 0.05) is 29.7 Å². The number of nitrogens with one attached hydrogen (secondary N) is 1. The zero-order valence-corrected chi connectivity index (χ0v) is 17.4. The molecule has 1 N–H and O–H groups in total. The fraction of sp³-hybridized carbons (Fsp3) is 0.391. The third kappa shape index (κ3) is 4.84. The molecule has 31 heavy (non-hydrogen) atoms. The molecule has 1 amide bonds. The third-order valence-corrected chi connectivity index (χ3v) is 5.65. The van der Waals surface area contributed by atoms with Crippen LogP contribution in [0.5, 0.6) is 0 Å². The molecular formula is C23H25F3N4O. The van der Waals surface area contributed by atoms with Crippen molar-refractivity contribution in [2.75, 3.05) is 0 Å². The molecule has 4 rings (SSSR count). The number of nitrogens with zero attached hydrogens (tertiary/aromatic N) is 3. The first-order valence-corrected chi connectivity index (χ1v) is 10.4. The fourth-order valence-electron chi connectivity index (χ4n) is 3.65. The van der Waals surface area contributed by atoms with Crippen molar-refractivity contribution in [2.45, 2.75) is 51.4 Å². The Kier molecular flexibility index (Phi) is 5.64. The molecule has 0 aliphatic heterocycles. The molecule has 1 aromatic carbocycles. The van der Waals surface area contributed by atoms with Gasteiger partial charge in [-0.2, -0.15) is 18.3 Å². The van der Waals surface area contributed by atoms with Crippen molar-refractivity contribution < 1.29 is 18.0 Å². The number of carbonyl (C=O) groups excluding carboxylic acids is 1. The average molecular weight is 430 g/mol. The summed E-state index contributed by atoms with van der Waals surface area (Å²) in [6.07, 6.45) is 1.15. The quantitative estimate of drug-likeness (QED) is 0.568. The van der Waals surface area contributed by atoms with Crippen LogP contribution in [0.3, 0.4) is 0 Å². The Hall–Kier alpha value is -3.03. The number of aromatic nitrogens is 3. The lowest BCUT2D eigenvalue weighted by Gasteiger charge is -2.19. The van der Waals surface area contributed by atoms with Crippen molar-refractivity contribution >= 4 is 5.91 Å². The van der Waals surface area contributed by atoms with Gasteiger partial charge in [-0.25, -0.2) is 0 Å². The van der Waals surface area contributed by atoms with Gasteiger partial charge in [0.15, 0.2) is 5.69 Å². The molecule has 3 aromatic rings. The second kappa shape index (κ2) is 8.24. The first-order valence-electron chi connectivity index (χ1n) is 10.4. The van der Waals surface area contributed by atoms with E-state index in [4.69, 9.17) is 0 Å². The molecule has 5 nitrogen and oxygen atoms in total. The van der Waals surface area contributed by atoms with Crippen molar-refractivity contribution in [3.8, 4) is 5.69 Å². The first-order chi connectivity index (χ1) is 14.7. The molecule has 8 heteroatoms. The minimum atomic E-state index is -4.48. The van der Waals surface area contributed by atoms with Gasteiger partial charge in [0.1, 0.15) is 0 Å². The van der Waals surface area contributed by atoms with Crippen LogP contribution in [0.2, 0.25) is 0 Å². The van der Waals surface area contributed by atoms with E-state index >= 15 is 0 Å². The molecule has 1 aliphatic rings. The largest absolute Gasteiger partial charge is 0.435 e. The van der Waals surface area contributed by atoms with Gasteiger partial charge in [-0.1, -0.05) is 19.1 Å². The summed E-state index contributed by atoms with van der Waals surface area (Å²) in [6, 6.07) is 12.7. The number of alkyl halides is 3. The second-order valence-corrected chi connectivity index (χ2v) is 8.22. The van der Waals surface area contributed by atoms with Crippen LogP contribution in [0.4, 0.5) is 13.2 Å². The molecule has 2 atom stereocenters. The lowest BCUT2D eigenvalue weighted by atomic mass is 10.1. The van der Waals surface area contributed by atoms with Crippen molar-refractivity contribution in [3.05, 3.63) is 71.8 Å². The minimum Gasteiger partial charge on any atom is -0.349 e. The highest BCUT2D eigenvalue weighted by atomic mass is 19.4. The molecular weight excluding hydrogens is 405 g/mol. The van der Waals surface area contributed by atoms with Crippen molar-refractivity contribution in [3.63, 3.8) is 0 Å². The first kappa shape index (κ1) is 21.2. The SMILES string of the molecule is CC(Cn1nc(C(F)(F)F)cc1C1CC1)C(=O)NC(C)c1ccc(-n2cccc2)cc1. The van der Waals surface area contributed by atoms with E-state index in [0.717, 1.165) is 30.2 Å². The molecule has 0 spiro atoms. The molecule has 0 bridgehead atoms. The normalized spacial score (nSPS) is 16.2. The Morgan fingerprint density at radius 3 is 2.39 bits per heavy atom. The second-order valence-electron chi connectivity index (χ2n) is 8.22. The Morgan fingerprint density at radius 1 is 1.16 bits per heavy atom. The Balaban J connectivity index is 1.40. The maximum Gasteiger partial charge on any atom is 0.435 e. The van der Waals surface area contributed by atoms with Gasteiger partial charge in [-0.05, 0) is 55.7 Å². The number of halogens is 3. The fourth-order valence-corrected chi connectivity index (χ4v) is 3.65. The molecule has 0 saturated heterocycles. The van der Waals surface area contributed by atoms with Crippen LogP contribution in [0.1, 0.15) is 55.6 Å². The molecule has 0 radical (unpaired) electrons. The standard InChI is InChI=1S/C23H25F3N4O/c1-15(14-30-20(18-5-6-18)13-21(28-30)23(24,25)26)22(31)27-16(2)17-7-9-19(10-8-17)29-11-3-4-12-29/h3-4,7-13,15-16,18H,5-6,14H2,1-2H3,(H,27,31). The Morgan fingerprint density at radius 2 is 1.81 bits per heavy atom. The summed E-state index contributed by atoms with van der Waals surface area (Å²) in [6.45, 7) is 3.72. The van der Waals surface area contributed by atoms with Crippen LogP contribution in [0.15, 0.2) is 54.9 Å². The van der Waals surface area contributed by atoms with Crippen molar-refractivity contribution in [1.82, 2.24) is 19.7 Å². The maximum absolute atomic E-state index is 13.1. The van der Waals surface area contributed by atoms with E-state index in [1.165, 1.54) is 4.68 Å². The van der Waals surface area contributed by atoms with Crippen LogP contribution in [-0.4, -0.2) is 20.3 Å². The molecule has 2 heterocycles. The van der Waals surface area contributed by atoms with E-state index in [1.54, 1.807) is 6.92 Å². The van der Waals surface area contributed by atoms with Crippen LogP contribution >= 0.6 is 0 Å². The van der Waals surface area contributed by atoms with E-state index in [1.807, 2.05) is 60.3 Å². The summed E-state index contributed by atoms with van der Waals surface area (Å²) < 4.78 is 42.6. The Bertz CT molecular complexity index is 1030. The zero-order chi connectivity index (χ0) is 22.2. The summed E-state index contributed by atoms with van der Waals surface area (Å²) in [5.41, 5.74) is 1.65. The van der Waals surface area contributed by atoms with Crippen LogP contribution in [0, 0.1) is 5.92 Å². The highest BCUT2D eigenvalue weighted by molar-refractivity contribution is 5.78. The number of rotatable bonds is 7. The van der Waals surface area contributed by atoms with Crippen molar-refractivity contribution in [1.29, 1.82) is 0 Å². The lowest BCUT2D eigenvalue weighted by molar-refractivity contribution is -0.141. The molecule has 1 aliphatic carbocycles. The summed E-state index contributed by atoms with van der Waals surface area (Å²) in [5.74, 6) is -0.621. The number of benzene rings is 1. The van der Waals surface area contributed by atoms with Gasteiger partial charge in [-0.15, -0.1) is 0 Å². The van der Waals surface area contributed by atoms with Crippen LogP contribution < -0.4 is 5.32 Å².